The van der Waals surface area contributed by atoms with Gasteiger partial charge in [0.15, 0.2) is 5.96 Å². The van der Waals surface area contributed by atoms with E-state index in [4.69, 9.17) is 5.73 Å². The maximum absolute atomic E-state index is 12.0. The van der Waals surface area contributed by atoms with Crippen LogP contribution in [0, 0.1) is 6.92 Å². The summed E-state index contributed by atoms with van der Waals surface area (Å²) in [6, 6.07) is 4.19. The highest BCUT2D eigenvalue weighted by molar-refractivity contribution is 14.0. The first-order valence-electron chi connectivity index (χ1n) is 7.30. The van der Waals surface area contributed by atoms with Crippen LogP contribution in [0.1, 0.15) is 43.4 Å². The molecule has 1 heterocycles. The second-order valence-electron chi connectivity index (χ2n) is 5.54. The van der Waals surface area contributed by atoms with Gasteiger partial charge in [0, 0.05) is 24.3 Å². The molecule has 1 fully saturated rings. The van der Waals surface area contributed by atoms with Crippen molar-refractivity contribution in [2.24, 2.45) is 17.8 Å². The quantitative estimate of drug-likeness (QED) is 0.460. The number of pyridine rings is 1. The molecule has 0 aliphatic heterocycles. The number of hydrogen-bond acceptors (Lipinski definition) is 2. The van der Waals surface area contributed by atoms with E-state index in [9.17, 15) is 4.79 Å². The zero-order valence-electron chi connectivity index (χ0n) is 12.8. The zero-order chi connectivity index (χ0) is 14.5. The van der Waals surface area contributed by atoms with Crippen molar-refractivity contribution < 1.29 is 0 Å². The third-order valence-corrected chi connectivity index (χ3v) is 4.01. The monoisotopic (exact) mass is 404 g/mol. The van der Waals surface area contributed by atoms with Crippen LogP contribution in [-0.2, 0) is 13.6 Å². The van der Waals surface area contributed by atoms with Crippen molar-refractivity contribution in [1.82, 2.24) is 9.88 Å². The Kier molecular flexibility index (Phi) is 7.21. The van der Waals surface area contributed by atoms with E-state index in [-0.39, 0.29) is 29.5 Å². The second-order valence-corrected chi connectivity index (χ2v) is 5.54. The number of halogens is 1. The minimum absolute atomic E-state index is 0. The number of guanidine groups is 1. The first-order valence-corrected chi connectivity index (χ1v) is 7.30. The highest BCUT2D eigenvalue weighted by Crippen LogP contribution is 2.17. The fourth-order valence-corrected chi connectivity index (χ4v) is 2.57. The van der Waals surface area contributed by atoms with Crippen molar-refractivity contribution in [1.29, 1.82) is 0 Å². The van der Waals surface area contributed by atoms with Gasteiger partial charge in [-0.05, 0) is 31.9 Å². The van der Waals surface area contributed by atoms with E-state index < -0.39 is 0 Å². The minimum atomic E-state index is -0.000726. The Morgan fingerprint density at radius 1 is 1.38 bits per heavy atom. The summed E-state index contributed by atoms with van der Waals surface area (Å²) in [6.07, 6.45) is 6.13. The minimum Gasteiger partial charge on any atom is -0.370 e. The van der Waals surface area contributed by atoms with Gasteiger partial charge in [-0.25, -0.2) is 4.99 Å². The summed E-state index contributed by atoms with van der Waals surface area (Å²) in [4.78, 5) is 16.3. The molecule has 1 aliphatic rings. The average molecular weight is 404 g/mol. The summed E-state index contributed by atoms with van der Waals surface area (Å²) in [6.45, 7) is 2.24. The van der Waals surface area contributed by atoms with Gasteiger partial charge in [0.1, 0.15) is 0 Å². The third-order valence-electron chi connectivity index (χ3n) is 4.01. The second kappa shape index (κ2) is 8.41. The molecule has 0 amide bonds. The van der Waals surface area contributed by atoms with E-state index >= 15 is 0 Å². The Labute approximate surface area is 143 Å². The number of aliphatic imine (C=N–C) groups is 1. The predicted octanol–water partition coefficient (Wildman–Crippen LogP) is 2.05. The molecule has 118 valence electrons. The number of hydrogen-bond donors (Lipinski definition) is 2. The number of rotatable bonds is 3. The lowest BCUT2D eigenvalue weighted by Gasteiger charge is -2.23. The van der Waals surface area contributed by atoms with E-state index in [1.807, 2.05) is 19.1 Å². The maximum atomic E-state index is 12.0. The van der Waals surface area contributed by atoms with Crippen LogP contribution < -0.4 is 16.6 Å². The molecule has 0 spiro atoms. The van der Waals surface area contributed by atoms with E-state index in [2.05, 4.69) is 10.3 Å². The molecule has 5 nitrogen and oxygen atoms in total. The topological polar surface area (TPSA) is 72.4 Å². The largest absolute Gasteiger partial charge is 0.370 e. The smallest absolute Gasteiger partial charge is 0.255 e. The van der Waals surface area contributed by atoms with Crippen LogP contribution in [0.5, 0.6) is 0 Å². The van der Waals surface area contributed by atoms with Crippen molar-refractivity contribution in [2.45, 2.75) is 51.6 Å². The third kappa shape index (κ3) is 5.01. The van der Waals surface area contributed by atoms with Crippen LogP contribution >= 0.6 is 24.0 Å². The van der Waals surface area contributed by atoms with Gasteiger partial charge in [0.05, 0.1) is 6.54 Å². The zero-order valence-corrected chi connectivity index (χ0v) is 15.1. The van der Waals surface area contributed by atoms with Crippen LogP contribution in [-0.4, -0.2) is 16.6 Å². The number of aryl methyl sites for hydroxylation is 1. The maximum Gasteiger partial charge on any atom is 0.255 e. The first-order chi connectivity index (χ1) is 9.58. The van der Waals surface area contributed by atoms with Crippen molar-refractivity contribution in [2.75, 3.05) is 0 Å². The van der Waals surface area contributed by atoms with E-state index in [0.29, 0.717) is 24.1 Å². The highest BCUT2D eigenvalue weighted by Gasteiger charge is 2.13. The summed E-state index contributed by atoms with van der Waals surface area (Å²) >= 11 is 0. The molecule has 1 aliphatic carbocycles. The molecule has 0 bridgehead atoms. The van der Waals surface area contributed by atoms with Gasteiger partial charge < -0.3 is 15.6 Å². The molecular formula is C15H25IN4O. The van der Waals surface area contributed by atoms with Gasteiger partial charge in [-0.2, -0.15) is 0 Å². The van der Waals surface area contributed by atoms with Gasteiger partial charge in [0.2, 0.25) is 0 Å². The average Bonchev–Trinajstić information content (AvgIpc) is 2.45. The Hall–Kier alpha value is -1.05. The number of nitrogens with two attached hydrogens (primary N) is 1. The summed E-state index contributed by atoms with van der Waals surface area (Å²) in [5, 5.41) is 3.25. The molecule has 0 atom stereocenters. The van der Waals surface area contributed by atoms with Gasteiger partial charge in [-0.15, -0.1) is 24.0 Å². The molecule has 21 heavy (non-hydrogen) atoms. The lowest BCUT2D eigenvalue weighted by molar-refractivity contribution is 0.412. The van der Waals surface area contributed by atoms with Crippen molar-refractivity contribution in [3.05, 3.63) is 33.7 Å². The molecule has 1 aromatic heterocycles. The standard InChI is InChI=1S/C15H24N4O.HI/c1-11-8-9-12(14(20)19(11)2)10-17-15(16)18-13-6-4-3-5-7-13;/h8-9,13H,3-7,10H2,1-2H3,(H3,16,17,18);1H. The Bertz CT molecular complexity index is 547. The molecule has 0 aromatic carbocycles. The van der Waals surface area contributed by atoms with Crippen LogP contribution in [0.15, 0.2) is 21.9 Å². The Balaban J connectivity index is 0.00000220. The molecular weight excluding hydrogens is 379 g/mol. The fourth-order valence-electron chi connectivity index (χ4n) is 2.57. The van der Waals surface area contributed by atoms with E-state index in [1.165, 1.54) is 19.3 Å². The summed E-state index contributed by atoms with van der Waals surface area (Å²) in [5.74, 6) is 0.444. The number of nitrogens with zero attached hydrogens (tertiary/aromatic N) is 2. The Morgan fingerprint density at radius 3 is 2.71 bits per heavy atom. The van der Waals surface area contributed by atoms with Crippen LogP contribution in [0.2, 0.25) is 0 Å². The number of nitrogens with one attached hydrogen (secondary N) is 1. The van der Waals surface area contributed by atoms with Gasteiger partial charge in [-0.3, -0.25) is 4.79 Å². The van der Waals surface area contributed by atoms with E-state index in [1.54, 1.807) is 11.6 Å². The van der Waals surface area contributed by atoms with Crippen LogP contribution in [0.25, 0.3) is 0 Å². The predicted molar refractivity (Wildman–Crippen MR) is 97.2 cm³/mol. The molecule has 0 radical (unpaired) electrons. The molecule has 3 N–H and O–H groups in total. The van der Waals surface area contributed by atoms with Gasteiger partial charge in [-0.1, -0.05) is 19.3 Å². The van der Waals surface area contributed by atoms with Crippen molar-refractivity contribution in [3.63, 3.8) is 0 Å². The highest BCUT2D eigenvalue weighted by atomic mass is 127. The SMILES string of the molecule is Cc1ccc(CN=C(N)NC2CCCCC2)c(=O)n1C.I. The fraction of sp³-hybridized carbons (Fsp3) is 0.600. The van der Waals surface area contributed by atoms with E-state index in [0.717, 1.165) is 18.5 Å². The molecule has 1 aromatic rings. The molecule has 0 unspecified atom stereocenters. The first kappa shape index (κ1) is 18.0. The molecule has 1 saturated carbocycles. The molecule has 2 rings (SSSR count). The van der Waals surface area contributed by atoms with Crippen molar-refractivity contribution in [3.8, 4) is 0 Å². The van der Waals surface area contributed by atoms with Crippen LogP contribution in [0.3, 0.4) is 0 Å². The summed E-state index contributed by atoms with van der Waals surface area (Å²) in [5.41, 5.74) is 7.51. The lowest BCUT2D eigenvalue weighted by Crippen LogP contribution is -2.41. The molecule has 6 heteroatoms. The molecule has 0 saturated heterocycles. The summed E-state index contributed by atoms with van der Waals surface area (Å²) in [7, 11) is 1.77. The lowest BCUT2D eigenvalue weighted by atomic mass is 9.96. The summed E-state index contributed by atoms with van der Waals surface area (Å²) < 4.78 is 1.63. The normalized spacial score (nSPS) is 16.4. The van der Waals surface area contributed by atoms with Crippen LogP contribution in [0.4, 0.5) is 0 Å². The van der Waals surface area contributed by atoms with Gasteiger partial charge >= 0.3 is 0 Å². The van der Waals surface area contributed by atoms with Gasteiger partial charge in [0.25, 0.3) is 5.56 Å². The van der Waals surface area contributed by atoms with Crippen molar-refractivity contribution >= 4 is 29.9 Å². The number of aromatic nitrogens is 1. The Morgan fingerprint density at radius 2 is 2.05 bits per heavy atom.